The fourth-order valence-corrected chi connectivity index (χ4v) is 2.91. The van der Waals surface area contributed by atoms with Gasteiger partial charge in [-0.15, -0.1) is 44.4 Å². The Kier molecular flexibility index (Phi) is 7.05. The zero-order valence-electron chi connectivity index (χ0n) is 14.3. The minimum absolute atomic E-state index is 0. The largest absolute Gasteiger partial charge is 0.350 e. The number of rotatable bonds is 5. The smallest absolute Gasteiger partial charge is 0.191 e. The van der Waals surface area contributed by atoms with E-state index in [0.717, 1.165) is 21.5 Å². The van der Waals surface area contributed by atoms with Crippen LogP contribution in [0.2, 0.25) is 0 Å². The molecule has 134 valence electrons. The van der Waals surface area contributed by atoms with Gasteiger partial charge in [-0.25, -0.2) is 0 Å². The summed E-state index contributed by atoms with van der Waals surface area (Å²) in [6.07, 6.45) is 1.94. The number of halogens is 1. The highest BCUT2D eigenvalue weighted by Gasteiger charge is 2.09. The predicted molar refractivity (Wildman–Crippen MR) is 109 cm³/mol. The summed E-state index contributed by atoms with van der Waals surface area (Å²) in [5.41, 5.74) is 0.826. The Labute approximate surface area is 167 Å². The molecule has 0 aliphatic carbocycles. The van der Waals surface area contributed by atoms with Gasteiger partial charge in [0.25, 0.3) is 0 Å². The van der Waals surface area contributed by atoms with Crippen LogP contribution in [0.15, 0.2) is 29.4 Å². The van der Waals surface area contributed by atoms with Crippen molar-refractivity contribution in [3.8, 4) is 0 Å². The van der Waals surface area contributed by atoms with Gasteiger partial charge in [0.05, 0.1) is 13.1 Å². The van der Waals surface area contributed by atoms with Gasteiger partial charge < -0.3 is 10.6 Å². The van der Waals surface area contributed by atoms with Crippen molar-refractivity contribution in [2.45, 2.75) is 32.9 Å². The lowest BCUT2D eigenvalue weighted by Gasteiger charge is -2.09. The van der Waals surface area contributed by atoms with E-state index in [1.807, 2.05) is 28.8 Å². The van der Waals surface area contributed by atoms with E-state index in [4.69, 9.17) is 0 Å². The Morgan fingerprint density at radius 3 is 2.68 bits per heavy atom. The molecule has 0 fully saturated rings. The Morgan fingerprint density at radius 2 is 1.96 bits per heavy atom. The molecule has 2 N–H and O–H groups in total. The summed E-state index contributed by atoms with van der Waals surface area (Å²) in [7, 11) is 1.73. The van der Waals surface area contributed by atoms with Crippen molar-refractivity contribution in [1.29, 1.82) is 0 Å². The van der Waals surface area contributed by atoms with Crippen LogP contribution in [0.25, 0.3) is 5.65 Å². The Hall–Kier alpha value is -1.82. The normalized spacial score (nSPS) is 11.6. The summed E-state index contributed by atoms with van der Waals surface area (Å²) in [6.45, 7) is 5.34. The quantitative estimate of drug-likeness (QED) is 0.336. The Morgan fingerprint density at radius 1 is 1.16 bits per heavy atom. The second-order valence-electron chi connectivity index (χ2n) is 5.51. The van der Waals surface area contributed by atoms with Gasteiger partial charge in [0.15, 0.2) is 17.4 Å². The standard InChI is InChI=1S/C15H20N8S.HI/c1-10(2)14-22-21-13(24-14)9-18-15(16-3)17-8-12-20-19-11-6-4-5-7-23(11)12;/h4-7,10H,8-9H2,1-3H3,(H2,16,17,18);1H. The zero-order chi connectivity index (χ0) is 16.9. The number of fused-ring (bicyclic) bond motifs is 1. The molecule has 0 saturated heterocycles. The first-order valence-corrected chi connectivity index (χ1v) is 8.54. The van der Waals surface area contributed by atoms with Crippen LogP contribution >= 0.6 is 35.3 Å². The number of hydrogen-bond donors (Lipinski definition) is 2. The van der Waals surface area contributed by atoms with Gasteiger partial charge in [-0.05, 0) is 12.1 Å². The molecule has 0 aliphatic heterocycles. The van der Waals surface area contributed by atoms with Crippen molar-refractivity contribution in [2.75, 3.05) is 7.05 Å². The van der Waals surface area contributed by atoms with Gasteiger partial charge in [0.1, 0.15) is 10.0 Å². The summed E-state index contributed by atoms with van der Waals surface area (Å²) in [5, 5.41) is 25.2. The molecule has 3 rings (SSSR count). The van der Waals surface area contributed by atoms with E-state index in [2.05, 4.69) is 49.9 Å². The van der Waals surface area contributed by atoms with Crippen LogP contribution in [0.1, 0.15) is 35.6 Å². The molecule has 3 heterocycles. The molecule has 3 aromatic rings. The number of pyridine rings is 1. The van der Waals surface area contributed by atoms with Gasteiger partial charge in [0, 0.05) is 19.2 Å². The maximum absolute atomic E-state index is 4.22. The summed E-state index contributed by atoms with van der Waals surface area (Å²) < 4.78 is 1.94. The van der Waals surface area contributed by atoms with E-state index in [0.29, 0.717) is 25.0 Å². The third kappa shape index (κ3) is 4.84. The van der Waals surface area contributed by atoms with Crippen molar-refractivity contribution < 1.29 is 0 Å². The first-order valence-electron chi connectivity index (χ1n) is 7.73. The molecule has 3 aromatic heterocycles. The number of nitrogens with one attached hydrogen (secondary N) is 2. The predicted octanol–water partition coefficient (Wildman–Crippen LogP) is 2.19. The number of aliphatic imine (C=N–C) groups is 1. The van der Waals surface area contributed by atoms with Gasteiger partial charge in [0.2, 0.25) is 0 Å². The van der Waals surface area contributed by atoms with E-state index in [-0.39, 0.29) is 24.0 Å². The summed E-state index contributed by atoms with van der Waals surface area (Å²) in [4.78, 5) is 4.22. The van der Waals surface area contributed by atoms with Crippen LogP contribution in [0.5, 0.6) is 0 Å². The van der Waals surface area contributed by atoms with Crippen molar-refractivity contribution in [3.63, 3.8) is 0 Å². The molecule has 0 radical (unpaired) electrons. The second kappa shape index (κ2) is 9.04. The second-order valence-corrected chi connectivity index (χ2v) is 6.61. The molecule has 0 saturated carbocycles. The molecule has 10 heteroatoms. The molecule has 0 aliphatic rings. The van der Waals surface area contributed by atoms with Crippen molar-refractivity contribution >= 4 is 46.9 Å². The van der Waals surface area contributed by atoms with Crippen molar-refractivity contribution in [1.82, 2.24) is 35.4 Å². The number of nitrogens with zero attached hydrogens (tertiary/aromatic N) is 6. The molecule has 0 bridgehead atoms. The maximum Gasteiger partial charge on any atom is 0.191 e. The van der Waals surface area contributed by atoms with E-state index < -0.39 is 0 Å². The zero-order valence-corrected chi connectivity index (χ0v) is 17.4. The molecular weight excluding hydrogens is 451 g/mol. The fourth-order valence-electron chi connectivity index (χ4n) is 2.13. The van der Waals surface area contributed by atoms with E-state index in [1.165, 1.54) is 0 Å². The average Bonchev–Trinajstić information content (AvgIpc) is 3.22. The third-order valence-corrected chi connectivity index (χ3v) is 4.63. The van der Waals surface area contributed by atoms with Crippen LogP contribution in [-0.2, 0) is 13.1 Å². The summed E-state index contributed by atoms with van der Waals surface area (Å²) in [5.74, 6) is 1.91. The topological polar surface area (TPSA) is 92.4 Å². The van der Waals surface area contributed by atoms with E-state index >= 15 is 0 Å². The van der Waals surface area contributed by atoms with Crippen LogP contribution in [0.3, 0.4) is 0 Å². The lowest BCUT2D eigenvalue weighted by molar-refractivity contribution is 0.754. The summed E-state index contributed by atoms with van der Waals surface area (Å²) >= 11 is 1.62. The molecule has 0 aromatic carbocycles. The van der Waals surface area contributed by atoms with E-state index in [1.54, 1.807) is 18.4 Å². The fraction of sp³-hybridized carbons (Fsp3) is 0.400. The van der Waals surface area contributed by atoms with Gasteiger partial charge in [-0.2, -0.15) is 0 Å². The lowest BCUT2D eigenvalue weighted by atomic mass is 10.2. The van der Waals surface area contributed by atoms with Crippen molar-refractivity contribution in [2.24, 2.45) is 4.99 Å². The van der Waals surface area contributed by atoms with Crippen LogP contribution in [-0.4, -0.2) is 37.8 Å². The minimum atomic E-state index is 0. The van der Waals surface area contributed by atoms with Gasteiger partial charge in [-0.3, -0.25) is 9.39 Å². The first kappa shape index (κ1) is 19.5. The van der Waals surface area contributed by atoms with Crippen LogP contribution in [0, 0.1) is 0 Å². The monoisotopic (exact) mass is 472 g/mol. The Bertz CT molecular complexity index is 841. The minimum Gasteiger partial charge on any atom is -0.350 e. The molecule has 0 unspecified atom stereocenters. The Balaban J connectivity index is 0.00000225. The lowest BCUT2D eigenvalue weighted by Crippen LogP contribution is -2.36. The van der Waals surface area contributed by atoms with Crippen LogP contribution < -0.4 is 10.6 Å². The molecule has 25 heavy (non-hydrogen) atoms. The number of aromatic nitrogens is 5. The highest BCUT2D eigenvalue weighted by atomic mass is 127. The number of guanidine groups is 1. The van der Waals surface area contributed by atoms with Gasteiger partial charge in [-0.1, -0.05) is 31.3 Å². The molecule has 0 atom stereocenters. The molecular formula is C15H21IN8S. The average molecular weight is 472 g/mol. The highest BCUT2D eigenvalue weighted by molar-refractivity contribution is 14.0. The molecule has 0 spiro atoms. The van der Waals surface area contributed by atoms with E-state index in [9.17, 15) is 0 Å². The number of hydrogen-bond acceptors (Lipinski definition) is 6. The highest BCUT2D eigenvalue weighted by Crippen LogP contribution is 2.18. The molecule has 8 nitrogen and oxygen atoms in total. The van der Waals surface area contributed by atoms with Gasteiger partial charge >= 0.3 is 0 Å². The van der Waals surface area contributed by atoms with Crippen molar-refractivity contribution in [3.05, 3.63) is 40.2 Å². The summed E-state index contributed by atoms with van der Waals surface area (Å²) in [6, 6.07) is 5.81. The SMILES string of the molecule is CN=C(NCc1nnc(C(C)C)s1)NCc1nnc2ccccn12.I. The maximum atomic E-state index is 4.22. The molecule has 0 amide bonds. The third-order valence-electron chi connectivity index (χ3n) is 3.41. The van der Waals surface area contributed by atoms with Crippen LogP contribution in [0.4, 0.5) is 0 Å². The first-order chi connectivity index (χ1) is 11.7.